The van der Waals surface area contributed by atoms with E-state index in [1.54, 1.807) is 12.1 Å². The maximum atomic E-state index is 12.7. The monoisotopic (exact) mass is 676 g/mol. The summed E-state index contributed by atoms with van der Waals surface area (Å²) in [6.45, 7) is 6.24. The van der Waals surface area contributed by atoms with E-state index >= 15 is 0 Å². The second kappa shape index (κ2) is 15.6. The lowest BCUT2D eigenvalue weighted by molar-refractivity contribution is -0.361. The fraction of sp³-hybridized carbons (Fsp3) is 0.485. The molecule has 6 atom stereocenters. The van der Waals surface area contributed by atoms with Gasteiger partial charge >= 0.3 is 29.8 Å². The van der Waals surface area contributed by atoms with E-state index in [0.29, 0.717) is 36.0 Å². The third-order valence-corrected chi connectivity index (χ3v) is 7.66. The van der Waals surface area contributed by atoms with Crippen molar-refractivity contribution in [2.45, 2.75) is 83.8 Å². The van der Waals surface area contributed by atoms with E-state index in [-0.39, 0.29) is 11.7 Å². The van der Waals surface area contributed by atoms with Gasteiger partial charge in [-0.15, -0.1) is 0 Å². The van der Waals surface area contributed by atoms with Gasteiger partial charge in [0.15, 0.2) is 12.2 Å². The number of hydrogen-bond acceptors (Lipinski definition) is 13. The summed E-state index contributed by atoms with van der Waals surface area (Å²) < 4.78 is 45.4. The van der Waals surface area contributed by atoms with Crippen molar-refractivity contribution in [2.75, 3.05) is 19.8 Å². The molecule has 2 aliphatic heterocycles. The zero-order valence-electron chi connectivity index (χ0n) is 26.6. The molecule has 2 saturated heterocycles. The van der Waals surface area contributed by atoms with Gasteiger partial charge in [0.25, 0.3) is 5.79 Å². The number of halogens is 1. The summed E-state index contributed by atoms with van der Waals surface area (Å²) in [5.74, 6) is -5.64. The van der Waals surface area contributed by atoms with Crippen LogP contribution in [0.3, 0.4) is 0 Å². The van der Waals surface area contributed by atoms with Crippen molar-refractivity contribution in [1.29, 1.82) is 0 Å². The second-order valence-corrected chi connectivity index (χ2v) is 11.5. The molecule has 0 unspecified atom stereocenters. The van der Waals surface area contributed by atoms with Crippen LogP contribution in [0.25, 0.3) is 0 Å². The summed E-state index contributed by atoms with van der Waals surface area (Å²) in [6.07, 6.45) is -4.98. The molecule has 254 valence electrons. The topological polar surface area (TPSA) is 159 Å². The van der Waals surface area contributed by atoms with Crippen LogP contribution in [-0.4, -0.2) is 80.2 Å². The molecule has 0 amide bonds. The summed E-state index contributed by atoms with van der Waals surface area (Å²) >= 11 is 6.64. The Morgan fingerprint density at radius 1 is 0.830 bits per heavy atom. The van der Waals surface area contributed by atoms with Gasteiger partial charge in [0.2, 0.25) is 6.10 Å². The summed E-state index contributed by atoms with van der Waals surface area (Å²) in [5, 5.41) is 0.362. The van der Waals surface area contributed by atoms with Crippen LogP contribution in [0.15, 0.2) is 42.5 Å². The highest BCUT2D eigenvalue weighted by Crippen LogP contribution is 2.45. The lowest BCUT2D eigenvalue weighted by Gasteiger charge is -2.50. The van der Waals surface area contributed by atoms with Crippen molar-refractivity contribution in [3.63, 3.8) is 0 Å². The Hall–Kier alpha value is -4.20. The quantitative estimate of drug-likeness (QED) is 0.251. The van der Waals surface area contributed by atoms with Crippen LogP contribution < -0.4 is 4.74 Å². The van der Waals surface area contributed by atoms with Crippen LogP contribution in [0.2, 0.25) is 5.02 Å². The molecule has 4 rings (SSSR count). The minimum absolute atomic E-state index is 0.00831. The largest absolute Gasteiger partial charge is 0.488 e. The first kappa shape index (κ1) is 35.7. The van der Waals surface area contributed by atoms with Gasteiger partial charge in [-0.05, 0) is 41.8 Å². The number of rotatable bonds is 11. The lowest BCUT2D eigenvalue weighted by Crippen LogP contribution is -2.67. The fourth-order valence-electron chi connectivity index (χ4n) is 5.48. The van der Waals surface area contributed by atoms with E-state index in [1.807, 2.05) is 24.3 Å². The molecule has 0 bridgehead atoms. The van der Waals surface area contributed by atoms with E-state index in [0.717, 1.165) is 46.6 Å². The van der Waals surface area contributed by atoms with Gasteiger partial charge in [0.1, 0.15) is 24.6 Å². The van der Waals surface area contributed by atoms with Crippen LogP contribution in [-0.2, 0) is 69.3 Å². The van der Waals surface area contributed by atoms with Crippen LogP contribution in [0.4, 0.5) is 0 Å². The molecule has 2 aromatic carbocycles. The van der Waals surface area contributed by atoms with Gasteiger partial charge in [-0.25, -0.2) is 0 Å². The molecular weight excluding hydrogens is 640 g/mol. The Balaban J connectivity index is 1.80. The Bertz CT molecular complexity index is 1470. The van der Waals surface area contributed by atoms with Crippen molar-refractivity contribution >= 4 is 41.4 Å². The molecule has 2 fully saturated rings. The highest BCUT2D eigenvalue weighted by molar-refractivity contribution is 6.31. The van der Waals surface area contributed by atoms with Crippen LogP contribution >= 0.6 is 11.6 Å². The van der Waals surface area contributed by atoms with Crippen molar-refractivity contribution < 1.29 is 61.9 Å². The van der Waals surface area contributed by atoms with E-state index in [4.69, 9.17) is 49.5 Å². The average Bonchev–Trinajstić information content (AvgIpc) is 3.49. The fourth-order valence-corrected chi connectivity index (χ4v) is 5.67. The molecule has 0 aromatic heterocycles. The van der Waals surface area contributed by atoms with E-state index in [9.17, 15) is 24.0 Å². The summed E-state index contributed by atoms with van der Waals surface area (Å²) in [6, 6.07) is 12.1. The summed E-state index contributed by atoms with van der Waals surface area (Å²) in [4.78, 5) is 61.6. The summed E-state index contributed by atoms with van der Waals surface area (Å²) in [5.41, 5.74) is 1.58. The van der Waals surface area contributed by atoms with Gasteiger partial charge in [-0.2, -0.15) is 0 Å². The second-order valence-electron chi connectivity index (χ2n) is 11.1. The average molecular weight is 677 g/mol. The van der Waals surface area contributed by atoms with Gasteiger partial charge in [0.05, 0.1) is 13.2 Å². The number of hydrogen-bond donors (Lipinski definition) is 0. The predicted molar refractivity (Wildman–Crippen MR) is 162 cm³/mol. The highest BCUT2D eigenvalue weighted by Gasteiger charge is 2.63. The van der Waals surface area contributed by atoms with Gasteiger partial charge < -0.3 is 37.9 Å². The highest BCUT2D eigenvalue weighted by atomic mass is 35.5. The first-order chi connectivity index (χ1) is 22.3. The van der Waals surface area contributed by atoms with Crippen molar-refractivity contribution in [3.05, 3.63) is 64.2 Å². The van der Waals surface area contributed by atoms with E-state index < -0.39 is 66.7 Å². The molecule has 0 N–H and O–H groups in total. The Labute approximate surface area is 276 Å². The number of benzene rings is 2. The molecule has 0 spiro atoms. The van der Waals surface area contributed by atoms with Crippen LogP contribution in [0.1, 0.15) is 57.7 Å². The molecule has 2 aliphatic rings. The third-order valence-electron chi connectivity index (χ3n) is 7.29. The van der Waals surface area contributed by atoms with Crippen LogP contribution in [0, 0.1) is 0 Å². The maximum absolute atomic E-state index is 12.7. The normalized spacial score (nSPS) is 25.3. The van der Waals surface area contributed by atoms with E-state index in [2.05, 4.69) is 0 Å². The number of carbonyl (C=O) groups is 5. The molecule has 0 radical (unpaired) electrons. The molecule has 13 nitrogen and oxygen atoms in total. The van der Waals surface area contributed by atoms with Crippen molar-refractivity contribution in [3.8, 4) is 5.75 Å². The zero-order valence-corrected chi connectivity index (χ0v) is 27.4. The maximum Gasteiger partial charge on any atom is 0.305 e. The molecule has 2 aromatic rings. The van der Waals surface area contributed by atoms with Crippen molar-refractivity contribution in [1.82, 2.24) is 0 Å². The zero-order chi connectivity index (χ0) is 34.3. The first-order valence-corrected chi connectivity index (χ1v) is 15.3. The number of esters is 5. The van der Waals surface area contributed by atoms with Crippen LogP contribution in [0.5, 0.6) is 5.75 Å². The lowest BCUT2D eigenvalue weighted by atomic mass is 9.86. The predicted octanol–water partition coefficient (Wildman–Crippen LogP) is 3.57. The number of ether oxygens (including phenoxy) is 8. The van der Waals surface area contributed by atoms with E-state index in [1.165, 1.54) is 6.07 Å². The van der Waals surface area contributed by atoms with Gasteiger partial charge in [-0.1, -0.05) is 29.8 Å². The minimum Gasteiger partial charge on any atom is -0.488 e. The molecule has 14 heteroatoms. The Morgan fingerprint density at radius 2 is 1.49 bits per heavy atom. The standard InChI is InChI=1S/C33H37ClO13/c1-18(35)41-17-29-30(42-19(2)36)31(43-20(3)37)32(44-21(4)38)33(47-29,46-22(5)39)25-8-11-28(34)24(15-25)14-23-6-9-26(10-7-23)45-27-12-13-40-16-27/h6-11,15,27,29-32H,12-14,16-17H2,1-5H3/t27-,29+,30+,31-,32+,33-/m0/s1. The smallest absolute Gasteiger partial charge is 0.305 e. The first-order valence-electron chi connectivity index (χ1n) is 14.9. The molecule has 2 heterocycles. The molecule has 47 heavy (non-hydrogen) atoms. The Kier molecular flexibility index (Phi) is 11.8. The molecule has 0 aliphatic carbocycles. The third kappa shape index (κ3) is 9.21. The van der Waals surface area contributed by atoms with Gasteiger partial charge in [-0.3, -0.25) is 24.0 Å². The number of carbonyl (C=O) groups excluding carboxylic acids is 5. The Morgan fingerprint density at radius 3 is 2.06 bits per heavy atom. The van der Waals surface area contributed by atoms with Crippen molar-refractivity contribution in [2.24, 2.45) is 0 Å². The SMILES string of the molecule is CC(=O)OC[C@H]1O[C@@](OC(C)=O)(c2ccc(Cl)c(Cc3ccc(O[C@H]4CCOC4)cc3)c2)[C@H](OC(C)=O)[C@@H](OC(C)=O)[C@@H]1OC(C)=O. The molecular formula is C33H37ClO13. The summed E-state index contributed by atoms with van der Waals surface area (Å²) in [7, 11) is 0. The molecule has 0 saturated carbocycles. The minimum atomic E-state index is -2.29. The van der Waals surface area contributed by atoms with Gasteiger partial charge in [0, 0.05) is 51.6 Å².